The van der Waals surface area contributed by atoms with Crippen LogP contribution in [0.4, 0.5) is 0 Å². The van der Waals surface area contributed by atoms with Gasteiger partial charge in [-0.2, -0.15) is 0 Å². The Morgan fingerprint density at radius 2 is 2.25 bits per heavy atom. The Morgan fingerprint density at radius 3 is 2.94 bits per heavy atom. The molecule has 1 saturated carbocycles. The lowest BCUT2D eigenvalue weighted by Crippen LogP contribution is -2.50. The minimum Gasteiger partial charge on any atom is -0.393 e. The number of aliphatic hydroxyl groups excluding tert-OH is 1. The average molecular weight is 225 g/mol. The molecule has 3 atom stereocenters. The zero-order valence-electron chi connectivity index (χ0n) is 9.61. The molecular formula is C12H21N2O2. The van der Waals surface area contributed by atoms with Crippen molar-refractivity contribution in [3.8, 4) is 0 Å². The van der Waals surface area contributed by atoms with Crippen molar-refractivity contribution in [1.29, 1.82) is 0 Å². The largest absolute Gasteiger partial charge is 0.393 e. The molecule has 3 N–H and O–H groups in total. The number of hydrogen-bond acceptors (Lipinski definition) is 3. The summed E-state index contributed by atoms with van der Waals surface area (Å²) in [6.07, 6.45) is 7.32. The quantitative estimate of drug-likeness (QED) is 0.636. The third-order valence-corrected chi connectivity index (χ3v) is 3.45. The standard InChI is InChI=1S/C12H21N2O2/c15-10-5-3-4-9(8-10)14-12(16)11-6-1-2-7-13-11/h5,9-11,13,15H,1-4,6-8H2,(H,14,16)/t9?,10?,11-/m0/s1. The molecule has 1 heterocycles. The topological polar surface area (TPSA) is 61.4 Å². The molecule has 91 valence electrons. The summed E-state index contributed by atoms with van der Waals surface area (Å²) in [4.78, 5) is 11.9. The number of piperidine rings is 1. The summed E-state index contributed by atoms with van der Waals surface area (Å²) in [6, 6.07) is 0.132. The predicted octanol–water partition coefficient (Wildman–Crippen LogP) is 0.362. The molecule has 0 aromatic rings. The molecule has 1 radical (unpaired) electrons. The first-order valence-corrected chi connectivity index (χ1v) is 6.31. The highest BCUT2D eigenvalue weighted by Gasteiger charge is 2.26. The summed E-state index contributed by atoms with van der Waals surface area (Å²) >= 11 is 0. The van der Waals surface area contributed by atoms with Gasteiger partial charge in [-0.25, -0.2) is 0 Å². The van der Waals surface area contributed by atoms with Gasteiger partial charge < -0.3 is 15.7 Å². The maximum absolute atomic E-state index is 11.9. The molecule has 2 unspecified atom stereocenters. The molecule has 1 amide bonds. The van der Waals surface area contributed by atoms with Crippen LogP contribution in [0.3, 0.4) is 0 Å². The monoisotopic (exact) mass is 225 g/mol. The van der Waals surface area contributed by atoms with Crippen molar-refractivity contribution in [3.63, 3.8) is 0 Å². The first-order chi connectivity index (χ1) is 7.75. The Bertz CT molecular complexity index is 239. The van der Waals surface area contributed by atoms with E-state index in [4.69, 9.17) is 0 Å². The summed E-state index contributed by atoms with van der Waals surface area (Å²) in [5, 5.41) is 15.8. The van der Waals surface area contributed by atoms with Crippen molar-refractivity contribution in [1.82, 2.24) is 10.6 Å². The molecule has 16 heavy (non-hydrogen) atoms. The van der Waals surface area contributed by atoms with E-state index >= 15 is 0 Å². The van der Waals surface area contributed by atoms with Crippen LogP contribution in [0.2, 0.25) is 0 Å². The molecule has 2 aliphatic rings. The molecule has 2 fully saturated rings. The fourth-order valence-corrected chi connectivity index (χ4v) is 2.50. The fourth-order valence-electron chi connectivity index (χ4n) is 2.50. The van der Waals surface area contributed by atoms with Crippen molar-refractivity contribution in [2.24, 2.45) is 0 Å². The summed E-state index contributed by atoms with van der Waals surface area (Å²) in [5.41, 5.74) is 0. The first-order valence-electron chi connectivity index (χ1n) is 6.31. The molecule has 1 aliphatic carbocycles. The normalized spacial score (nSPS) is 35.7. The highest BCUT2D eigenvalue weighted by Crippen LogP contribution is 2.18. The molecule has 1 aliphatic heterocycles. The highest BCUT2D eigenvalue weighted by molar-refractivity contribution is 5.82. The molecule has 1 saturated heterocycles. The second-order valence-electron chi connectivity index (χ2n) is 4.82. The molecule has 2 rings (SSSR count). The number of amides is 1. The molecule has 4 nitrogen and oxygen atoms in total. The van der Waals surface area contributed by atoms with Gasteiger partial charge in [0.2, 0.25) is 5.91 Å². The Labute approximate surface area is 96.8 Å². The number of nitrogens with one attached hydrogen (secondary N) is 2. The average Bonchev–Trinajstić information content (AvgIpc) is 2.30. The van der Waals surface area contributed by atoms with E-state index in [1.807, 2.05) is 6.42 Å². The van der Waals surface area contributed by atoms with Crippen LogP contribution >= 0.6 is 0 Å². The van der Waals surface area contributed by atoms with Gasteiger partial charge in [-0.05, 0) is 45.1 Å². The minimum absolute atomic E-state index is 0.0169. The van der Waals surface area contributed by atoms with Gasteiger partial charge in [0.15, 0.2) is 0 Å². The number of carbonyl (C=O) groups is 1. The number of rotatable bonds is 2. The molecular weight excluding hydrogens is 204 g/mol. The lowest BCUT2D eigenvalue weighted by atomic mass is 9.92. The van der Waals surface area contributed by atoms with Gasteiger partial charge in [0, 0.05) is 6.04 Å². The summed E-state index contributed by atoms with van der Waals surface area (Å²) in [7, 11) is 0. The Kier molecular flexibility index (Phi) is 4.18. The first kappa shape index (κ1) is 11.9. The van der Waals surface area contributed by atoms with Gasteiger partial charge in [-0.3, -0.25) is 4.79 Å². The maximum atomic E-state index is 11.9. The Morgan fingerprint density at radius 1 is 1.38 bits per heavy atom. The van der Waals surface area contributed by atoms with Gasteiger partial charge in [0.25, 0.3) is 0 Å². The molecule has 4 heteroatoms. The van der Waals surface area contributed by atoms with Crippen LogP contribution in [0.25, 0.3) is 0 Å². The minimum atomic E-state index is -0.349. The van der Waals surface area contributed by atoms with E-state index in [0.717, 1.165) is 32.2 Å². The molecule has 0 aromatic carbocycles. The molecule has 0 aromatic heterocycles. The van der Waals surface area contributed by atoms with Gasteiger partial charge in [-0.15, -0.1) is 0 Å². The maximum Gasteiger partial charge on any atom is 0.237 e. The lowest BCUT2D eigenvalue weighted by Gasteiger charge is -2.29. The van der Waals surface area contributed by atoms with E-state index in [2.05, 4.69) is 10.6 Å². The van der Waals surface area contributed by atoms with Gasteiger partial charge in [-0.1, -0.05) is 6.42 Å². The smallest absolute Gasteiger partial charge is 0.237 e. The van der Waals surface area contributed by atoms with E-state index < -0.39 is 0 Å². The summed E-state index contributed by atoms with van der Waals surface area (Å²) in [5.74, 6) is 0.110. The van der Waals surface area contributed by atoms with E-state index in [9.17, 15) is 9.90 Å². The van der Waals surface area contributed by atoms with Crippen LogP contribution in [0.15, 0.2) is 0 Å². The van der Waals surface area contributed by atoms with Crippen LogP contribution in [0.1, 0.15) is 38.5 Å². The van der Waals surface area contributed by atoms with Gasteiger partial charge >= 0.3 is 0 Å². The highest BCUT2D eigenvalue weighted by atomic mass is 16.3. The van der Waals surface area contributed by atoms with E-state index in [1.165, 1.54) is 6.42 Å². The summed E-state index contributed by atoms with van der Waals surface area (Å²) < 4.78 is 0. The molecule has 0 spiro atoms. The van der Waals surface area contributed by atoms with Crippen LogP contribution in [-0.4, -0.2) is 35.7 Å². The number of carbonyl (C=O) groups excluding carboxylic acids is 1. The third-order valence-electron chi connectivity index (χ3n) is 3.45. The van der Waals surface area contributed by atoms with E-state index in [1.54, 1.807) is 0 Å². The van der Waals surface area contributed by atoms with Gasteiger partial charge in [0.05, 0.1) is 12.1 Å². The van der Waals surface area contributed by atoms with Crippen molar-refractivity contribution in [2.45, 2.75) is 56.7 Å². The van der Waals surface area contributed by atoms with E-state index in [-0.39, 0.29) is 24.1 Å². The lowest BCUT2D eigenvalue weighted by molar-refractivity contribution is -0.124. The zero-order valence-corrected chi connectivity index (χ0v) is 9.61. The Balaban J connectivity index is 1.77. The van der Waals surface area contributed by atoms with Crippen LogP contribution in [-0.2, 0) is 4.79 Å². The summed E-state index contributed by atoms with van der Waals surface area (Å²) in [6.45, 7) is 0.944. The molecule has 0 bridgehead atoms. The van der Waals surface area contributed by atoms with Crippen molar-refractivity contribution < 1.29 is 9.90 Å². The van der Waals surface area contributed by atoms with Crippen LogP contribution in [0, 0.1) is 6.42 Å². The Hall–Kier alpha value is -0.610. The van der Waals surface area contributed by atoms with Crippen molar-refractivity contribution >= 4 is 5.91 Å². The van der Waals surface area contributed by atoms with Crippen LogP contribution < -0.4 is 10.6 Å². The second-order valence-corrected chi connectivity index (χ2v) is 4.82. The predicted molar refractivity (Wildman–Crippen MR) is 61.7 cm³/mol. The fraction of sp³-hybridized carbons (Fsp3) is 0.833. The number of hydrogen-bond donors (Lipinski definition) is 3. The number of aliphatic hydroxyl groups is 1. The zero-order chi connectivity index (χ0) is 11.4. The van der Waals surface area contributed by atoms with Crippen molar-refractivity contribution in [2.75, 3.05) is 6.54 Å². The van der Waals surface area contributed by atoms with Crippen LogP contribution in [0.5, 0.6) is 0 Å². The van der Waals surface area contributed by atoms with Crippen molar-refractivity contribution in [3.05, 3.63) is 6.42 Å². The SMILES string of the molecule is O=C(NC1CC[CH]C(O)C1)[C@@H]1CCCCN1. The second kappa shape index (κ2) is 5.64. The van der Waals surface area contributed by atoms with E-state index in [0.29, 0.717) is 6.42 Å². The third kappa shape index (κ3) is 3.19. The van der Waals surface area contributed by atoms with Gasteiger partial charge in [0.1, 0.15) is 0 Å².